The van der Waals surface area contributed by atoms with Crippen molar-refractivity contribution in [1.29, 1.82) is 0 Å². The van der Waals surface area contributed by atoms with Gasteiger partial charge in [0, 0.05) is 6.61 Å². The van der Waals surface area contributed by atoms with Crippen LogP contribution in [0.25, 0.3) is 0 Å². The summed E-state index contributed by atoms with van der Waals surface area (Å²) in [6.07, 6.45) is 2.00. The predicted molar refractivity (Wildman–Crippen MR) is 55.4 cm³/mol. The molecule has 0 bridgehead atoms. The number of ether oxygens (including phenoxy) is 1. The lowest BCUT2D eigenvalue weighted by Gasteiger charge is -2.05. The van der Waals surface area contributed by atoms with Crippen molar-refractivity contribution < 1.29 is 4.74 Å². The number of rotatable bonds is 5. The molecule has 13 heavy (non-hydrogen) atoms. The molecule has 0 aliphatic heterocycles. The lowest BCUT2D eigenvalue weighted by Crippen LogP contribution is -1.96. The molecule has 1 nitrogen and oxygen atoms in total. The van der Waals surface area contributed by atoms with Crippen LogP contribution in [-0.2, 0) is 11.3 Å². The smallest absolute Gasteiger partial charge is 0.0719 e. The molecule has 0 aliphatic carbocycles. The first-order valence-corrected chi connectivity index (χ1v) is 4.76. The van der Waals surface area contributed by atoms with E-state index in [0.29, 0.717) is 0 Å². The third-order valence-electron chi connectivity index (χ3n) is 2.06. The van der Waals surface area contributed by atoms with Crippen LogP contribution in [0.3, 0.4) is 0 Å². The molecule has 0 aliphatic rings. The molecule has 0 aromatic heterocycles. The van der Waals surface area contributed by atoms with Gasteiger partial charge in [0.1, 0.15) is 0 Å². The van der Waals surface area contributed by atoms with Crippen molar-refractivity contribution >= 4 is 0 Å². The SMILES string of the molecule is [CH2]CCCOCc1ccccc1C. The monoisotopic (exact) mass is 177 g/mol. The van der Waals surface area contributed by atoms with E-state index in [1.165, 1.54) is 11.1 Å². The molecule has 71 valence electrons. The average molecular weight is 177 g/mol. The van der Waals surface area contributed by atoms with E-state index in [1.54, 1.807) is 0 Å². The van der Waals surface area contributed by atoms with Crippen molar-refractivity contribution in [2.24, 2.45) is 0 Å². The van der Waals surface area contributed by atoms with Crippen LogP contribution in [0.2, 0.25) is 0 Å². The summed E-state index contributed by atoms with van der Waals surface area (Å²) >= 11 is 0. The van der Waals surface area contributed by atoms with E-state index < -0.39 is 0 Å². The number of aryl methyl sites for hydroxylation is 1. The van der Waals surface area contributed by atoms with E-state index in [4.69, 9.17) is 4.74 Å². The first-order valence-electron chi connectivity index (χ1n) is 4.76. The quantitative estimate of drug-likeness (QED) is 0.628. The molecule has 1 aromatic rings. The van der Waals surface area contributed by atoms with Crippen molar-refractivity contribution in [2.45, 2.75) is 26.4 Å². The highest BCUT2D eigenvalue weighted by molar-refractivity contribution is 5.24. The molecular weight excluding hydrogens is 160 g/mol. The van der Waals surface area contributed by atoms with E-state index in [0.717, 1.165) is 26.1 Å². The van der Waals surface area contributed by atoms with Gasteiger partial charge in [0.2, 0.25) is 0 Å². The summed E-state index contributed by atoms with van der Waals surface area (Å²) in [7, 11) is 0. The zero-order chi connectivity index (χ0) is 9.52. The summed E-state index contributed by atoms with van der Waals surface area (Å²) in [6.45, 7) is 7.43. The van der Waals surface area contributed by atoms with Gasteiger partial charge in [0.25, 0.3) is 0 Å². The van der Waals surface area contributed by atoms with Crippen LogP contribution >= 0.6 is 0 Å². The average Bonchev–Trinajstić information content (AvgIpc) is 2.15. The predicted octanol–water partition coefficient (Wildman–Crippen LogP) is 3.13. The Morgan fingerprint density at radius 2 is 2.08 bits per heavy atom. The third-order valence-corrected chi connectivity index (χ3v) is 2.06. The maximum Gasteiger partial charge on any atom is 0.0719 e. The minimum absolute atomic E-state index is 0.729. The molecule has 0 fully saturated rings. The highest BCUT2D eigenvalue weighted by Gasteiger charge is 1.95. The van der Waals surface area contributed by atoms with E-state index in [-0.39, 0.29) is 0 Å². The number of hydrogen-bond acceptors (Lipinski definition) is 1. The number of hydrogen-bond donors (Lipinski definition) is 0. The van der Waals surface area contributed by atoms with Gasteiger partial charge in [-0.25, -0.2) is 0 Å². The zero-order valence-corrected chi connectivity index (χ0v) is 8.25. The Kier molecular flexibility index (Phi) is 4.55. The van der Waals surface area contributed by atoms with E-state index >= 15 is 0 Å². The van der Waals surface area contributed by atoms with Crippen molar-refractivity contribution in [3.05, 3.63) is 42.3 Å². The second-order valence-electron chi connectivity index (χ2n) is 3.19. The minimum atomic E-state index is 0.729. The highest BCUT2D eigenvalue weighted by atomic mass is 16.5. The Morgan fingerprint density at radius 1 is 1.31 bits per heavy atom. The topological polar surface area (TPSA) is 9.23 Å². The Bertz CT molecular complexity index is 243. The van der Waals surface area contributed by atoms with Crippen molar-refractivity contribution in [2.75, 3.05) is 6.61 Å². The van der Waals surface area contributed by atoms with Gasteiger partial charge < -0.3 is 4.74 Å². The first-order chi connectivity index (χ1) is 6.34. The second-order valence-corrected chi connectivity index (χ2v) is 3.19. The van der Waals surface area contributed by atoms with Crippen molar-refractivity contribution in [3.8, 4) is 0 Å². The molecule has 1 aromatic carbocycles. The molecule has 1 radical (unpaired) electrons. The Morgan fingerprint density at radius 3 is 2.77 bits per heavy atom. The molecule has 1 heteroatoms. The van der Waals surface area contributed by atoms with Gasteiger partial charge in [0.15, 0.2) is 0 Å². The maximum absolute atomic E-state index is 5.50. The van der Waals surface area contributed by atoms with Crippen LogP contribution in [-0.4, -0.2) is 6.61 Å². The summed E-state index contributed by atoms with van der Waals surface area (Å²) in [5.74, 6) is 0. The molecular formula is C12H17O. The van der Waals surface area contributed by atoms with Crippen LogP contribution in [0.4, 0.5) is 0 Å². The molecule has 0 spiro atoms. The Balaban J connectivity index is 2.32. The van der Waals surface area contributed by atoms with Crippen LogP contribution in [0.15, 0.2) is 24.3 Å². The zero-order valence-electron chi connectivity index (χ0n) is 8.25. The minimum Gasteiger partial charge on any atom is -0.377 e. The highest BCUT2D eigenvalue weighted by Crippen LogP contribution is 2.08. The second kappa shape index (κ2) is 5.76. The summed E-state index contributed by atoms with van der Waals surface area (Å²) in [5, 5.41) is 0. The van der Waals surface area contributed by atoms with Gasteiger partial charge in [-0.3, -0.25) is 0 Å². The molecule has 0 N–H and O–H groups in total. The molecule has 0 amide bonds. The maximum atomic E-state index is 5.50. The fourth-order valence-electron chi connectivity index (χ4n) is 1.16. The molecule has 1 rings (SSSR count). The summed E-state index contributed by atoms with van der Waals surface area (Å²) in [4.78, 5) is 0. The van der Waals surface area contributed by atoms with Gasteiger partial charge in [0.05, 0.1) is 6.61 Å². The van der Waals surface area contributed by atoms with E-state index in [2.05, 4.69) is 32.0 Å². The first kappa shape index (κ1) is 10.3. The van der Waals surface area contributed by atoms with Gasteiger partial charge in [-0.05, 0) is 24.5 Å². The summed E-state index contributed by atoms with van der Waals surface area (Å²) in [6, 6.07) is 8.32. The molecule has 0 unspecified atom stereocenters. The lowest BCUT2D eigenvalue weighted by molar-refractivity contribution is 0.118. The van der Waals surface area contributed by atoms with Crippen LogP contribution in [0.1, 0.15) is 24.0 Å². The van der Waals surface area contributed by atoms with Crippen LogP contribution in [0, 0.1) is 13.8 Å². The molecule has 0 saturated carbocycles. The largest absolute Gasteiger partial charge is 0.377 e. The number of benzene rings is 1. The standard InChI is InChI=1S/C12H17O/c1-3-4-9-13-10-12-8-6-5-7-11(12)2/h5-8H,1,3-4,9-10H2,2H3. The summed E-state index contributed by atoms with van der Waals surface area (Å²) in [5.41, 5.74) is 2.59. The van der Waals surface area contributed by atoms with Gasteiger partial charge in [-0.1, -0.05) is 37.6 Å². The van der Waals surface area contributed by atoms with Gasteiger partial charge in [-0.2, -0.15) is 0 Å². The lowest BCUT2D eigenvalue weighted by atomic mass is 10.1. The molecule has 0 heterocycles. The fraction of sp³-hybridized carbons (Fsp3) is 0.417. The summed E-state index contributed by atoms with van der Waals surface area (Å²) < 4.78 is 5.50. The van der Waals surface area contributed by atoms with Crippen molar-refractivity contribution in [1.82, 2.24) is 0 Å². The van der Waals surface area contributed by atoms with E-state index in [1.807, 2.05) is 6.07 Å². The molecule has 0 saturated heterocycles. The number of unbranched alkanes of at least 4 members (excludes halogenated alkanes) is 1. The van der Waals surface area contributed by atoms with Crippen LogP contribution in [0.5, 0.6) is 0 Å². The van der Waals surface area contributed by atoms with E-state index in [9.17, 15) is 0 Å². The molecule has 0 atom stereocenters. The van der Waals surface area contributed by atoms with Crippen LogP contribution < -0.4 is 0 Å². The van der Waals surface area contributed by atoms with Crippen molar-refractivity contribution in [3.63, 3.8) is 0 Å². The normalized spacial score (nSPS) is 10.3. The Labute approximate surface area is 80.7 Å². The van der Waals surface area contributed by atoms with Gasteiger partial charge >= 0.3 is 0 Å². The fourth-order valence-corrected chi connectivity index (χ4v) is 1.16. The third kappa shape index (κ3) is 3.60. The van der Waals surface area contributed by atoms with Gasteiger partial charge in [-0.15, -0.1) is 0 Å². The Hall–Kier alpha value is -0.820.